The Kier molecular flexibility index (Phi) is 5.15. The molecule has 0 aliphatic carbocycles. The molecule has 4 heteroatoms. The maximum absolute atomic E-state index is 4.58. The summed E-state index contributed by atoms with van der Waals surface area (Å²) in [7, 11) is 0. The van der Waals surface area contributed by atoms with E-state index in [1.807, 2.05) is 13.1 Å². The number of nitrogens with zero attached hydrogens (tertiary/aromatic N) is 3. The normalized spacial score (nSPS) is 11.0. The minimum Gasteiger partial charge on any atom is -0.357 e. The summed E-state index contributed by atoms with van der Waals surface area (Å²) >= 11 is 0. The van der Waals surface area contributed by atoms with Crippen LogP contribution in [0.2, 0.25) is 0 Å². The van der Waals surface area contributed by atoms with Crippen molar-refractivity contribution in [2.45, 2.75) is 34.2 Å². The Bertz CT molecular complexity index is 790. The third kappa shape index (κ3) is 3.29. The first kappa shape index (κ1) is 16.9. The Hall–Kier alpha value is -1.51. The van der Waals surface area contributed by atoms with Gasteiger partial charge in [0.05, 0.1) is 0 Å². The molecule has 0 N–H and O–H groups in total. The summed E-state index contributed by atoms with van der Waals surface area (Å²) in [6.45, 7) is 9.55. The van der Waals surface area contributed by atoms with Crippen molar-refractivity contribution in [2.75, 3.05) is 0 Å². The van der Waals surface area contributed by atoms with Gasteiger partial charge in [0.15, 0.2) is 0 Å². The molecule has 0 saturated carbocycles. The predicted octanol–water partition coefficient (Wildman–Crippen LogP) is 4.17. The van der Waals surface area contributed by atoms with Gasteiger partial charge in [0.25, 0.3) is 0 Å². The minimum absolute atomic E-state index is 0. The fraction of sp³-hybridized carbons (Fsp3) is 0.333. The summed E-state index contributed by atoms with van der Waals surface area (Å²) in [5.74, 6) is 0.617. The first-order valence-corrected chi connectivity index (χ1v) is 7.36. The number of pyridine rings is 2. The monoisotopic (exact) mass is 471 g/mol. The van der Waals surface area contributed by atoms with Gasteiger partial charge in [-0.25, -0.2) is 0 Å². The molecule has 0 fully saturated rings. The SMILES string of the molecule is Cc1cc(C)c(-c2cc3c(ccn3CC(C)C)cn2)[c-]n1.[Ir]. The molecule has 3 aromatic rings. The number of aromatic nitrogens is 3. The van der Waals surface area contributed by atoms with E-state index >= 15 is 0 Å². The summed E-state index contributed by atoms with van der Waals surface area (Å²) in [5, 5.41) is 1.18. The zero-order valence-corrected chi connectivity index (χ0v) is 15.7. The second kappa shape index (κ2) is 6.72. The molecule has 0 atom stereocenters. The molecule has 22 heavy (non-hydrogen) atoms. The van der Waals surface area contributed by atoms with Crippen molar-refractivity contribution in [2.24, 2.45) is 5.92 Å². The zero-order valence-electron chi connectivity index (χ0n) is 13.3. The van der Waals surface area contributed by atoms with Crippen LogP contribution in [0.3, 0.4) is 0 Å². The molecule has 0 aromatic carbocycles. The van der Waals surface area contributed by atoms with Crippen molar-refractivity contribution in [3.05, 3.63) is 48.0 Å². The maximum atomic E-state index is 4.58. The molecule has 0 aliphatic rings. The number of aryl methyl sites for hydroxylation is 2. The second-order valence-electron chi connectivity index (χ2n) is 6.06. The summed E-state index contributed by atoms with van der Waals surface area (Å²) < 4.78 is 2.29. The van der Waals surface area contributed by atoms with Gasteiger partial charge in [-0.15, -0.1) is 17.2 Å². The maximum Gasteiger partial charge on any atom is 0.0423 e. The van der Waals surface area contributed by atoms with Crippen molar-refractivity contribution in [1.29, 1.82) is 0 Å². The third-order valence-electron chi connectivity index (χ3n) is 3.64. The zero-order chi connectivity index (χ0) is 15.0. The molecule has 3 aromatic heterocycles. The van der Waals surface area contributed by atoms with E-state index in [1.165, 1.54) is 10.9 Å². The van der Waals surface area contributed by atoms with Crippen LogP contribution in [0.4, 0.5) is 0 Å². The Balaban J connectivity index is 0.00000176. The van der Waals surface area contributed by atoms with E-state index in [0.29, 0.717) is 5.92 Å². The quantitative estimate of drug-likeness (QED) is 0.538. The summed E-state index contributed by atoms with van der Waals surface area (Å²) in [6.07, 6.45) is 7.19. The molecule has 3 heterocycles. The average molecular weight is 471 g/mol. The van der Waals surface area contributed by atoms with Gasteiger partial charge in [0.1, 0.15) is 0 Å². The van der Waals surface area contributed by atoms with Crippen molar-refractivity contribution in [3.8, 4) is 11.3 Å². The molecule has 0 unspecified atom stereocenters. The number of hydrogen-bond donors (Lipinski definition) is 0. The molecular formula is C18H20IrN3-. The van der Waals surface area contributed by atoms with Gasteiger partial charge in [-0.3, -0.25) is 0 Å². The topological polar surface area (TPSA) is 30.7 Å². The van der Waals surface area contributed by atoms with Crippen LogP contribution in [0.1, 0.15) is 25.1 Å². The van der Waals surface area contributed by atoms with Gasteiger partial charge in [-0.2, -0.15) is 0 Å². The molecule has 3 rings (SSSR count). The van der Waals surface area contributed by atoms with Gasteiger partial charge >= 0.3 is 0 Å². The van der Waals surface area contributed by atoms with Gasteiger partial charge in [0.2, 0.25) is 0 Å². The standard InChI is InChI=1S/C18H20N3.Ir/c1-12(2)11-21-6-5-15-9-20-17(8-18(15)21)16-10-19-14(4)7-13(16)3;/h5-9,12H,11H2,1-4H3;/q-1;. The van der Waals surface area contributed by atoms with E-state index in [2.05, 4.69) is 65.9 Å². The summed E-state index contributed by atoms with van der Waals surface area (Å²) in [5.41, 5.74) is 5.30. The Morgan fingerprint density at radius 1 is 1.23 bits per heavy atom. The Labute approximate surface area is 145 Å². The molecule has 0 bridgehead atoms. The van der Waals surface area contributed by atoms with Gasteiger partial charge in [-0.05, 0) is 29.6 Å². The number of fused-ring (bicyclic) bond motifs is 1. The van der Waals surface area contributed by atoms with E-state index in [4.69, 9.17) is 0 Å². The molecule has 3 nitrogen and oxygen atoms in total. The third-order valence-corrected chi connectivity index (χ3v) is 3.64. The van der Waals surface area contributed by atoms with Crippen LogP contribution in [0.5, 0.6) is 0 Å². The first-order chi connectivity index (χ1) is 10.0. The number of hydrogen-bond acceptors (Lipinski definition) is 2. The fourth-order valence-electron chi connectivity index (χ4n) is 2.68. The summed E-state index contributed by atoms with van der Waals surface area (Å²) in [4.78, 5) is 8.86. The van der Waals surface area contributed by atoms with Crippen LogP contribution in [-0.4, -0.2) is 14.5 Å². The van der Waals surface area contributed by atoms with E-state index in [0.717, 1.165) is 29.1 Å². The van der Waals surface area contributed by atoms with Gasteiger partial charge in [0, 0.05) is 49.9 Å². The van der Waals surface area contributed by atoms with Crippen LogP contribution >= 0.6 is 0 Å². The Morgan fingerprint density at radius 2 is 2.00 bits per heavy atom. The molecule has 1 radical (unpaired) electrons. The van der Waals surface area contributed by atoms with Crippen molar-refractivity contribution in [1.82, 2.24) is 14.5 Å². The Morgan fingerprint density at radius 3 is 2.68 bits per heavy atom. The van der Waals surface area contributed by atoms with Crippen LogP contribution in [0.25, 0.3) is 22.2 Å². The van der Waals surface area contributed by atoms with E-state index < -0.39 is 0 Å². The van der Waals surface area contributed by atoms with Crippen molar-refractivity contribution in [3.63, 3.8) is 0 Å². The van der Waals surface area contributed by atoms with Crippen LogP contribution in [-0.2, 0) is 26.7 Å². The molecule has 117 valence electrons. The largest absolute Gasteiger partial charge is 0.357 e. The van der Waals surface area contributed by atoms with Crippen LogP contribution in [0, 0.1) is 26.0 Å². The van der Waals surface area contributed by atoms with Crippen molar-refractivity contribution >= 4 is 10.9 Å². The van der Waals surface area contributed by atoms with E-state index in [1.54, 1.807) is 0 Å². The molecule has 0 saturated heterocycles. The smallest absolute Gasteiger partial charge is 0.0423 e. The number of rotatable bonds is 3. The van der Waals surface area contributed by atoms with Crippen LogP contribution in [0.15, 0.2) is 30.6 Å². The average Bonchev–Trinajstić information content (AvgIpc) is 2.80. The molecule has 0 aliphatic heterocycles. The second-order valence-corrected chi connectivity index (χ2v) is 6.06. The fourth-order valence-corrected chi connectivity index (χ4v) is 2.68. The molecule has 0 spiro atoms. The van der Waals surface area contributed by atoms with Crippen LogP contribution < -0.4 is 0 Å². The molecule has 0 amide bonds. The van der Waals surface area contributed by atoms with Gasteiger partial charge in [-0.1, -0.05) is 33.8 Å². The minimum atomic E-state index is 0. The van der Waals surface area contributed by atoms with E-state index in [9.17, 15) is 0 Å². The first-order valence-electron chi connectivity index (χ1n) is 7.36. The predicted molar refractivity (Wildman–Crippen MR) is 86.1 cm³/mol. The summed E-state index contributed by atoms with van der Waals surface area (Å²) in [6, 6.07) is 6.34. The molecular weight excluding hydrogens is 450 g/mol. The van der Waals surface area contributed by atoms with E-state index in [-0.39, 0.29) is 20.1 Å². The van der Waals surface area contributed by atoms with Crippen molar-refractivity contribution < 1.29 is 20.1 Å². The van der Waals surface area contributed by atoms with Gasteiger partial charge < -0.3 is 14.5 Å².